The Morgan fingerprint density at radius 3 is 1.64 bits per heavy atom. The van der Waals surface area contributed by atoms with Crippen molar-refractivity contribution in [2.75, 3.05) is 4.90 Å². The maximum atomic E-state index is 5.51. The van der Waals surface area contributed by atoms with Crippen LogP contribution in [0.2, 0.25) is 0 Å². The first kappa shape index (κ1) is 43.6. The Labute approximate surface area is 432 Å². The molecule has 0 saturated carbocycles. The number of aromatic nitrogens is 4. The maximum Gasteiger partial charge on any atom is 0.186 e. The van der Waals surface area contributed by atoms with Gasteiger partial charge in [0.15, 0.2) is 16.1 Å². The number of rotatable bonds is 9. The van der Waals surface area contributed by atoms with Gasteiger partial charge in [-0.2, -0.15) is 0 Å². The highest BCUT2D eigenvalue weighted by atomic mass is 28.3. The van der Waals surface area contributed by atoms with E-state index in [1.165, 1.54) is 63.3 Å². The fraction of sp³-hybridized carbons (Fsp3) is 0.0149. The van der Waals surface area contributed by atoms with Crippen LogP contribution in [0.25, 0.3) is 49.9 Å². The number of nitrogens with zero attached hydrogens (tertiary/aromatic N) is 5. The molecule has 7 heteroatoms. The summed E-state index contributed by atoms with van der Waals surface area (Å²) in [6.07, 6.45) is 1.98. The van der Waals surface area contributed by atoms with Crippen molar-refractivity contribution < 1.29 is 0 Å². The zero-order chi connectivity index (χ0) is 49.2. The van der Waals surface area contributed by atoms with E-state index in [2.05, 4.69) is 294 Å². The Balaban J connectivity index is 1.08. The van der Waals surface area contributed by atoms with Gasteiger partial charge in [-0.05, 0) is 102 Å². The van der Waals surface area contributed by atoms with Gasteiger partial charge in [0.1, 0.15) is 11.6 Å². The topological polar surface area (TPSA) is 38.9 Å². The molecule has 0 spiro atoms. The number of fused-ring (bicyclic) bond motifs is 6. The van der Waals surface area contributed by atoms with E-state index in [-0.39, 0.29) is 0 Å². The van der Waals surface area contributed by atoms with Gasteiger partial charge in [0.2, 0.25) is 0 Å². The average molecular weight is 980 g/mol. The third-order valence-corrected chi connectivity index (χ3v) is 25.1. The van der Waals surface area contributed by atoms with Crippen molar-refractivity contribution in [1.82, 2.24) is 19.1 Å². The van der Waals surface area contributed by atoms with Crippen molar-refractivity contribution in [1.29, 1.82) is 0 Å². The summed E-state index contributed by atoms with van der Waals surface area (Å²) in [7, 11) is -4.12. The van der Waals surface area contributed by atoms with Gasteiger partial charge in [-0.25, -0.2) is 9.97 Å². The van der Waals surface area contributed by atoms with Gasteiger partial charge >= 0.3 is 0 Å². The minimum Gasteiger partial charge on any atom is -0.327 e. The molecule has 0 fully saturated rings. The van der Waals surface area contributed by atoms with Crippen LogP contribution in [0.4, 0.5) is 17.2 Å². The van der Waals surface area contributed by atoms with Crippen LogP contribution >= 0.6 is 0 Å². The van der Waals surface area contributed by atoms with Gasteiger partial charge in [-0.3, -0.25) is 4.90 Å². The summed E-state index contributed by atoms with van der Waals surface area (Å²) in [5.41, 5.74) is 8.89. The smallest absolute Gasteiger partial charge is 0.186 e. The molecule has 1 aliphatic heterocycles. The normalized spacial score (nSPS) is 13.0. The number of anilines is 3. The molecular formula is C67H49N5Si2. The Bertz CT molecular complexity index is 4130. The molecule has 13 aromatic rings. The van der Waals surface area contributed by atoms with Crippen LogP contribution < -0.4 is 46.4 Å². The van der Waals surface area contributed by atoms with E-state index in [9.17, 15) is 0 Å². The van der Waals surface area contributed by atoms with E-state index in [0.29, 0.717) is 0 Å². The number of imidazole rings is 1. The summed E-state index contributed by atoms with van der Waals surface area (Å²) in [4.78, 5) is 13.2. The standard InChI is InChI=1S/C67H49N5Si2/c1-70-61-41-20-18-39-59(61)69-66(70)48-24-21-36-55(44-48)73(51-28-9-3-10-29-51,52-30-11-4-12-31-52)56-37-22-27-50(45-56)72-63-46-58-57-38-17-19-40-60(57)71(49-25-7-2-8-26-49)62(58)47-65(63)74(53-32-13-5-14-33-53,54-34-15-6-16-35-54)64-42-23-43-68-67(64)72/h2-47H,1H3. The minimum atomic E-state index is -3.13. The van der Waals surface area contributed by atoms with Crippen LogP contribution in [0.1, 0.15) is 0 Å². The van der Waals surface area contributed by atoms with Crippen LogP contribution in [0.3, 0.4) is 0 Å². The molecule has 10 aromatic carbocycles. The van der Waals surface area contributed by atoms with Crippen LogP contribution in [-0.4, -0.2) is 35.2 Å². The Hall–Kier alpha value is -9.15. The first-order chi connectivity index (χ1) is 36.6. The van der Waals surface area contributed by atoms with Crippen LogP contribution in [0.5, 0.6) is 0 Å². The Morgan fingerprint density at radius 1 is 0.405 bits per heavy atom. The first-order valence-corrected chi connectivity index (χ1v) is 29.4. The SMILES string of the molecule is Cn1c(-c2cccc([Si](c3ccccc3)(c3ccccc3)c3cccc(N4c5cc6c7ccccc7n(-c7ccccc7)c6cc5[Si](c5ccccc5)(c5ccccc5)c5cccnc54)c3)c2)nc2ccccc21. The van der Waals surface area contributed by atoms with Gasteiger partial charge in [0, 0.05) is 46.6 Å². The largest absolute Gasteiger partial charge is 0.327 e. The highest BCUT2D eigenvalue weighted by Crippen LogP contribution is 2.42. The van der Waals surface area contributed by atoms with Crippen molar-refractivity contribution in [2.45, 2.75) is 0 Å². The van der Waals surface area contributed by atoms with E-state index in [1.54, 1.807) is 0 Å². The second kappa shape index (κ2) is 17.6. The van der Waals surface area contributed by atoms with Crippen molar-refractivity contribution in [3.05, 3.63) is 279 Å². The molecule has 1 aliphatic rings. The van der Waals surface area contributed by atoms with Crippen molar-refractivity contribution in [3.63, 3.8) is 0 Å². The fourth-order valence-corrected chi connectivity index (χ4v) is 22.3. The lowest BCUT2D eigenvalue weighted by molar-refractivity contribution is 0.959. The average Bonchev–Trinajstić information content (AvgIpc) is 3.99. The number of para-hydroxylation sites is 4. The zero-order valence-corrected chi connectivity index (χ0v) is 42.8. The van der Waals surface area contributed by atoms with Gasteiger partial charge in [-0.15, -0.1) is 0 Å². The lowest BCUT2D eigenvalue weighted by atomic mass is 10.1. The molecule has 0 aliphatic carbocycles. The predicted octanol–water partition coefficient (Wildman–Crippen LogP) is 10.3. The monoisotopic (exact) mass is 979 g/mol. The van der Waals surface area contributed by atoms with Crippen molar-refractivity contribution in [2.24, 2.45) is 7.05 Å². The van der Waals surface area contributed by atoms with E-state index >= 15 is 0 Å². The predicted molar refractivity (Wildman–Crippen MR) is 314 cm³/mol. The maximum absolute atomic E-state index is 5.51. The van der Waals surface area contributed by atoms with E-state index in [1.807, 2.05) is 6.20 Å². The molecule has 0 amide bonds. The molecule has 350 valence electrons. The van der Waals surface area contributed by atoms with Crippen molar-refractivity contribution >= 4 is 108 Å². The molecule has 0 bridgehead atoms. The summed E-state index contributed by atoms with van der Waals surface area (Å²) in [5, 5.41) is 12.8. The molecule has 3 aromatic heterocycles. The summed E-state index contributed by atoms with van der Waals surface area (Å²) in [5.74, 6) is 1.90. The van der Waals surface area contributed by atoms with Crippen LogP contribution in [-0.2, 0) is 7.05 Å². The summed E-state index contributed by atoms with van der Waals surface area (Å²) >= 11 is 0. The molecule has 0 radical (unpaired) electrons. The van der Waals surface area contributed by atoms with Crippen LogP contribution in [0.15, 0.2) is 279 Å². The highest BCUT2D eigenvalue weighted by molar-refractivity contribution is 7.21. The third kappa shape index (κ3) is 6.53. The number of benzene rings is 10. The fourth-order valence-electron chi connectivity index (χ4n) is 12.4. The number of hydrogen-bond donors (Lipinski definition) is 0. The summed E-state index contributed by atoms with van der Waals surface area (Å²) in [6.45, 7) is 0. The Morgan fingerprint density at radius 2 is 0.959 bits per heavy atom. The quantitative estimate of drug-likeness (QED) is 0.107. The van der Waals surface area contributed by atoms with Gasteiger partial charge < -0.3 is 9.13 Å². The summed E-state index contributed by atoms with van der Waals surface area (Å²) in [6, 6.07) is 101. The zero-order valence-electron chi connectivity index (χ0n) is 40.8. The first-order valence-electron chi connectivity index (χ1n) is 25.4. The molecule has 0 unspecified atom stereocenters. The van der Waals surface area contributed by atoms with Crippen LogP contribution in [0, 0.1) is 0 Å². The number of aryl methyl sites for hydroxylation is 1. The van der Waals surface area contributed by atoms with E-state index in [4.69, 9.17) is 9.97 Å². The minimum absolute atomic E-state index is 0.947. The van der Waals surface area contributed by atoms with Gasteiger partial charge in [0.25, 0.3) is 0 Å². The molecule has 74 heavy (non-hydrogen) atoms. The number of hydrogen-bond acceptors (Lipinski definition) is 3. The lowest BCUT2D eigenvalue weighted by Gasteiger charge is -2.44. The molecule has 14 rings (SSSR count). The number of pyridine rings is 1. The van der Waals surface area contributed by atoms with E-state index < -0.39 is 16.1 Å². The summed E-state index contributed by atoms with van der Waals surface area (Å²) < 4.78 is 4.69. The molecule has 0 saturated heterocycles. The Kier molecular flexibility index (Phi) is 10.4. The highest BCUT2D eigenvalue weighted by Gasteiger charge is 2.50. The second-order valence-electron chi connectivity index (χ2n) is 19.4. The van der Waals surface area contributed by atoms with Gasteiger partial charge in [-0.1, -0.05) is 212 Å². The molecule has 4 heterocycles. The molecular weight excluding hydrogens is 931 g/mol. The van der Waals surface area contributed by atoms with E-state index in [0.717, 1.165) is 45.3 Å². The third-order valence-electron chi connectivity index (χ3n) is 15.6. The van der Waals surface area contributed by atoms with Gasteiger partial charge in [0.05, 0.1) is 22.1 Å². The molecule has 5 nitrogen and oxygen atoms in total. The lowest BCUT2D eigenvalue weighted by Crippen LogP contribution is -2.77. The molecule has 0 atom stereocenters. The molecule has 0 N–H and O–H groups in total. The van der Waals surface area contributed by atoms with Crippen molar-refractivity contribution in [3.8, 4) is 17.1 Å². The second-order valence-corrected chi connectivity index (χ2v) is 26.9.